The predicted molar refractivity (Wildman–Crippen MR) is 117 cm³/mol. The van der Waals surface area contributed by atoms with Gasteiger partial charge in [-0.2, -0.15) is 0 Å². The van der Waals surface area contributed by atoms with Crippen molar-refractivity contribution < 1.29 is 26.7 Å². The number of hydrogen-bond acceptors (Lipinski definition) is 5. The van der Waals surface area contributed by atoms with Gasteiger partial charge in [0.05, 0.1) is 20.3 Å². The van der Waals surface area contributed by atoms with Gasteiger partial charge < -0.3 is 32.1 Å². The van der Waals surface area contributed by atoms with E-state index in [1.165, 1.54) is 0 Å². The number of halogens is 1. The molecule has 8 heteroatoms. The molecule has 0 saturated heterocycles. The highest BCUT2D eigenvalue weighted by atomic mass is 35.5. The van der Waals surface area contributed by atoms with Crippen LogP contribution in [0.4, 0.5) is 5.69 Å². The number of nitrogens with zero attached hydrogens (tertiary/aromatic N) is 3. The fourth-order valence-corrected chi connectivity index (χ4v) is 2.95. The van der Waals surface area contributed by atoms with E-state index >= 15 is 0 Å². The molecule has 0 radical (unpaired) electrons. The third-order valence-corrected chi connectivity index (χ3v) is 4.51. The van der Waals surface area contributed by atoms with Crippen molar-refractivity contribution in [2.24, 2.45) is 0 Å². The summed E-state index contributed by atoms with van der Waals surface area (Å²) in [6.45, 7) is 1.95. The van der Waals surface area contributed by atoms with Crippen LogP contribution in [-0.4, -0.2) is 54.9 Å². The maximum atomic E-state index is 12.9. The van der Waals surface area contributed by atoms with Crippen molar-refractivity contribution in [2.75, 3.05) is 39.7 Å². The van der Waals surface area contributed by atoms with Gasteiger partial charge in [0.2, 0.25) is 5.88 Å². The zero-order valence-corrected chi connectivity index (χ0v) is 18.8. The second-order valence-electron chi connectivity index (χ2n) is 7.20. The summed E-state index contributed by atoms with van der Waals surface area (Å²) in [6.07, 6.45) is 0.881. The summed E-state index contributed by atoms with van der Waals surface area (Å²) in [5.74, 6) is 0.937. The molecule has 0 fully saturated rings. The van der Waals surface area contributed by atoms with E-state index in [1.807, 2.05) is 44.4 Å². The zero-order valence-electron chi connectivity index (χ0n) is 18.0. The maximum Gasteiger partial charge on any atom is 0.274 e. The number of benzene rings is 2. The molecule has 1 heterocycles. The fourth-order valence-electron chi connectivity index (χ4n) is 2.95. The van der Waals surface area contributed by atoms with Gasteiger partial charge in [0.1, 0.15) is 11.4 Å². The van der Waals surface area contributed by atoms with Gasteiger partial charge in [-0.3, -0.25) is 9.48 Å². The number of aromatic nitrogens is 2. The number of rotatable bonds is 10. The molecule has 3 aromatic rings. The molecule has 2 aromatic carbocycles. The van der Waals surface area contributed by atoms with Crippen LogP contribution in [0.15, 0.2) is 60.7 Å². The van der Waals surface area contributed by atoms with Crippen LogP contribution in [0, 0.1) is 0 Å². The molecular weight excluding hydrogens is 416 g/mol. The second-order valence-corrected chi connectivity index (χ2v) is 7.20. The Hall–Kier alpha value is -3.03. The highest BCUT2D eigenvalue weighted by molar-refractivity contribution is 6.03. The van der Waals surface area contributed by atoms with E-state index < -0.39 is 0 Å². The summed E-state index contributed by atoms with van der Waals surface area (Å²) in [4.78, 5) is 15.0. The van der Waals surface area contributed by atoms with Gasteiger partial charge in [-0.25, -0.2) is 0 Å². The lowest BCUT2D eigenvalue weighted by Gasteiger charge is -2.09. The van der Waals surface area contributed by atoms with Crippen LogP contribution in [-0.2, 0) is 6.54 Å². The number of amides is 1. The average Bonchev–Trinajstić information content (AvgIpc) is 3.15. The molecule has 0 spiro atoms. The molecule has 1 N–H and O–H groups in total. The summed E-state index contributed by atoms with van der Waals surface area (Å²) < 4.78 is 12.6. The number of ether oxygens (including phenoxy) is 2. The van der Waals surface area contributed by atoms with E-state index in [4.69, 9.17) is 9.47 Å². The highest BCUT2D eigenvalue weighted by Crippen LogP contribution is 2.19. The molecule has 1 amide bonds. The van der Waals surface area contributed by atoms with Crippen LogP contribution < -0.4 is 27.2 Å². The van der Waals surface area contributed by atoms with Crippen molar-refractivity contribution in [2.45, 2.75) is 13.0 Å². The largest absolute Gasteiger partial charge is 1.00 e. The smallest absolute Gasteiger partial charge is 0.274 e. The van der Waals surface area contributed by atoms with Crippen molar-refractivity contribution in [1.29, 1.82) is 0 Å². The van der Waals surface area contributed by atoms with Gasteiger partial charge in [0.15, 0.2) is 0 Å². The topological polar surface area (TPSA) is 68.6 Å². The Morgan fingerprint density at radius 3 is 2.45 bits per heavy atom. The first-order valence-corrected chi connectivity index (χ1v) is 9.90. The molecule has 0 unspecified atom stereocenters. The summed E-state index contributed by atoms with van der Waals surface area (Å²) >= 11 is 0. The number of anilines is 1. The molecule has 0 saturated carbocycles. The standard InChI is InChI=1S/C23H28N4O3.ClH/c1-26(2)14-7-15-30-22-16-21(27(25-22)17-18-8-5-4-6-9-18)23(28)24-19-10-12-20(29-3)13-11-19;/h4-6,8-13,16H,7,14-15,17H2,1-3H3,(H,24,28);1H/p-1. The van der Waals surface area contributed by atoms with Gasteiger partial charge >= 0.3 is 0 Å². The van der Waals surface area contributed by atoms with Crippen molar-refractivity contribution in [3.05, 3.63) is 71.9 Å². The summed E-state index contributed by atoms with van der Waals surface area (Å²) in [6, 6.07) is 18.8. The highest BCUT2D eigenvalue weighted by Gasteiger charge is 2.17. The monoisotopic (exact) mass is 443 g/mol. The Bertz CT molecular complexity index is 943. The molecule has 0 atom stereocenters. The third kappa shape index (κ3) is 7.31. The minimum absolute atomic E-state index is 0. The molecule has 3 rings (SSSR count). The third-order valence-electron chi connectivity index (χ3n) is 4.51. The lowest BCUT2D eigenvalue weighted by molar-refractivity contribution is -0.0000148. The van der Waals surface area contributed by atoms with Crippen molar-refractivity contribution in [1.82, 2.24) is 14.7 Å². The SMILES string of the molecule is COc1ccc(NC(=O)c2cc(OCCCN(C)C)nn2Cc2ccccc2)cc1.[Cl-]. The fraction of sp³-hybridized carbons (Fsp3) is 0.304. The van der Waals surface area contributed by atoms with Gasteiger partial charge in [-0.1, -0.05) is 30.3 Å². The van der Waals surface area contributed by atoms with Gasteiger partial charge in [-0.15, -0.1) is 5.10 Å². The molecule has 166 valence electrons. The molecule has 31 heavy (non-hydrogen) atoms. The first-order chi connectivity index (χ1) is 14.5. The van der Waals surface area contributed by atoms with E-state index in [0.717, 1.165) is 24.3 Å². The lowest BCUT2D eigenvalue weighted by atomic mass is 10.2. The minimum atomic E-state index is -0.244. The minimum Gasteiger partial charge on any atom is -1.00 e. The van der Waals surface area contributed by atoms with E-state index in [2.05, 4.69) is 15.3 Å². The van der Waals surface area contributed by atoms with Crippen LogP contribution in [0.25, 0.3) is 0 Å². The molecule has 1 aromatic heterocycles. The second kappa shape index (κ2) is 12.0. The molecule has 0 aliphatic rings. The maximum absolute atomic E-state index is 12.9. The number of methoxy groups -OCH3 is 1. The van der Waals surface area contributed by atoms with Gasteiger partial charge in [0, 0.05) is 18.3 Å². The van der Waals surface area contributed by atoms with Crippen LogP contribution in [0.1, 0.15) is 22.5 Å². The number of carbonyl (C=O) groups excluding carboxylic acids is 1. The first kappa shape index (κ1) is 24.2. The lowest BCUT2D eigenvalue weighted by Crippen LogP contribution is -3.00. The van der Waals surface area contributed by atoms with Crippen molar-refractivity contribution in [3.63, 3.8) is 0 Å². The normalized spacial score (nSPS) is 10.5. The zero-order chi connectivity index (χ0) is 21.3. The molecular formula is C23H28ClN4O3-. The van der Waals surface area contributed by atoms with Gasteiger partial charge in [0.25, 0.3) is 5.91 Å². The molecule has 7 nitrogen and oxygen atoms in total. The van der Waals surface area contributed by atoms with Crippen LogP contribution in [0.3, 0.4) is 0 Å². The molecule has 0 aliphatic heterocycles. The predicted octanol–water partition coefficient (Wildman–Crippen LogP) is 0.527. The summed E-state index contributed by atoms with van der Waals surface area (Å²) in [5.41, 5.74) is 2.18. The summed E-state index contributed by atoms with van der Waals surface area (Å²) in [7, 11) is 5.65. The Kier molecular flexibility index (Phi) is 9.37. The number of hydrogen-bond donors (Lipinski definition) is 1. The quantitative estimate of drug-likeness (QED) is 0.463. The van der Waals surface area contributed by atoms with Crippen molar-refractivity contribution in [3.8, 4) is 11.6 Å². The van der Waals surface area contributed by atoms with E-state index in [0.29, 0.717) is 30.4 Å². The van der Waals surface area contributed by atoms with Crippen LogP contribution in [0.5, 0.6) is 11.6 Å². The Balaban J connectivity index is 0.00000341. The van der Waals surface area contributed by atoms with E-state index in [1.54, 1.807) is 42.1 Å². The van der Waals surface area contributed by atoms with Gasteiger partial charge in [-0.05, 0) is 50.3 Å². The number of nitrogens with one attached hydrogen (secondary N) is 1. The Labute approximate surface area is 189 Å². The van der Waals surface area contributed by atoms with Crippen LogP contribution >= 0.6 is 0 Å². The van der Waals surface area contributed by atoms with Crippen LogP contribution in [0.2, 0.25) is 0 Å². The van der Waals surface area contributed by atoms with E-state index in [9.17, 15) is 4.79 Å². The molecule has 0 aliphatic carbocycles. The Morgan fingerprint density at radius 1 is 1.10 bits per heavy atom. The average molecular weight is 444 g/mol. The van der Waals surface area contributed by atoms with Crippen molar-refractivity contribution >= 4 is 11.6 Å². The van der Waals surface area contributed by atoms with E-state index in [-0.39, 0.29) is 18.3 Å². The molecule has 0 bridgehead atoms. The number of carbonyl (C=O) groups is 1. The Morgan fingerprint density at radius 2 is 1.81 bits per heavy atom. The first-order valence-electron chi connectivity index (χ1n) is 9.90. The summed E-state index contributed by atoms with van der Waals surface area (Å²) in [5, 5.41) is 7.43.